The van der Waals surface area contributed by atoms with Gasteiger partial charge in [0.15, 0.2) is 5.82 Å². The predicted molar refractivity (Wildman–Crippen MR) is 71.3 cm³/mol. The van der Waals surface area contributed by atoms with Gasteiger partial charge in [-0.1, -0.05) is 12.1 Å². The molecular weight excluding hydrogens is 224 g/mol. The molecule has 1 aliphatic heterocycles. The highest BCUT2D eigenvalue weighted by molar-refractivity contribution is 5.58. The molecule has 0 fully saturated rings. The number of aromatic nitrogens is 3. The van der Waals surface area contributed by atoms with E-state index in [1.165, 1.54) is 11.1 Å². The standard InChI is InChI=1S/C14H18N4/c1-9-4-5-12(8-10(9)2)14-17-16-13-11(3)15-6-7-18(13)14/h4-5,8,11,15H,6-7H2,1-3H3. The van der Waals surface area contributed by atoms with Crippen molar-refractivity contribution in [3.05, 3.63) is 35.2 Å². The molecule has 18 heavy (non-hydrogen) atoms. The molecule has 3 rings (SSSR count). The largest absolute Gasteiger partial charge is 0.308 e. The highest BCUT2D eigenvalue weighted by Crippen LogP contribution is 2.24. The van der Waals surface area contributed by atoms with E-state index in [-0.39, 0.29) is 6.04 Å². The maximum atomic E-state index is 4.36. The second-order valence-corrected chi connectivity index (χ2v) is 5.01. The lowest BCUT2D eigenvalue weighted by atomic mass is 10.1. The number of hydrogen-bond donors (Lipinski definition) is 1. The molecule has 1 aromatic carbocycles. The Hall–Kier alpha value is -1.68. The number of benzene rings is 1. The van der Waals surface area contributed by atoms with E-state index in [2.05, 4.69) is 59.1 Å². The van der Waals surface area contributed by atoms with Gasteiger partial charge in [-0.2, -0.15) is 0 Å². The molecule has 0 bridgehead atoms. The summed E-state index contributed by atoms with van der Waals surface area (Å²) in [6, 6.07) is 6.76. The lowest BCUT2D eigenvalue weighted by molar-refractivity contribution is 0.439. The zero-order valence-electron chi connectivity index (χ0n) is 11.1. The van der Waals surface area contributed by atoms with Crippen LogP contribution in [0.1, 0.15) is 29.9 Å². The van der Waals surface area contributed by atoms with E-state index < -0.39 is 0 Å². The van der Waals surface area contributed by atoms with Gasteiger partial charge in [0.1, 0.15) is 5.82 Å². The average molecular weight is 242 g/mol. The number of hydrogen-bond acceptors (Lipinski definition) is 3. The van der Waals surface area contributed by atoms with E-state index in [1.807, 2.05) is 0 Å². The molecule has 1 unspecified atom stereocenters. The summed E-state index contributed by atoms with van der Waals surface area (Å²) < 4.78 is 2.23. The van der Waals surface area contributed by atoms with Crippen LogP contribution in [0.4, 0.5) is 0 Å². The van der Waals surface area contributed by atoms with Gasteiger partial charge in [-0.05, 0) is 38.0 Å². The van der Waals surface area contributed by atoms with Crippen LogP contribution in [0.15, 0.2) is 18.2 Å². The van der Waals surface area contributed by atoms with Crippen molar-refractivity contribution in [3.8, 4) is 11.4 Å². The van der Waals surface area contributed by atoms with Crippen LogP contribution in [0.25, 0.3) is 11.4 Å². The molecule has 1 atom stereocenters. The number of aryl methyl sites for hydroxylation is 2. The van der Waals surface area contributed by atoms with E-state index in [4.69, 9.17) is 0 Å². The van der Waals surface area contributed by atoms with Crippen LogP contribution in [0.2, 0.25) is 0 Å². The Bertz CT molecular complexity index is 585. The summed E-state index contributed by atoms with van der Waals surface area (Å²) in [6.45, 7) is 8.31. The highest BCUT2D eigenvalue weighted by Gasteiger charge is 2.21. The number of fused-ring (bicyclic) bond motifs is 1. The van der Waals surface area contributed by atoms with Gasteiger partial charge in [-0.15, -0.1) is 10.2 Å². The van der Waals surface area contributed by atoms with Gasteiger partial charge in [-0.25, -0.2) is 0 Å². The highest BCUT2D eigenvalue weighted by atomic mass is 15.3. The molecule has 0 saturated heterocycles. The van der Waals surface area contributed by atoms with Gasteiger partial charge in [0, 0.05) is 18.7 Å². The maximum absolute atomic E-state index is 4.36. The second-order valence-electron chi connectivity index (χ2n) is 5.01. The van der Waals surface area contributed by atoms with Gasteiger partial charge >= 0.3 is 0 Å². The van der Waals surface area contributed by atoms with E-state index in [9.17, 15) is 0 Å². The van der Waals surface area contributed by atoms with Crippen molar-refractivity contribution >= 4 is 0 Å². The average Bonchev–Trinajstić information content (AvgIpc) is 2.78. The third kappa shape index (κ3) is 1.73. The van der Waals surface area contributed by atoms with E-state index in [0.717, 1.165) is 30.3 Å². The molecule has 0 aliphatic carbocycles. The summed E-state index contributed by atoms with van der Waals surface area (Å²) in [4.78, 5) is 0. The van der Waals surface area contributed by atoms with Gasteiger partial charge in [-0.3, -0.25) is 0 Å². The smallest absolute Gasteiger partial charge is 0.164 e. The van der Waals surface area contributed by atoms with Crippen LogP contribution in [-0.4, -0.2) is 21.3 Å². The van der Waals surface area contributed by atoms with E-state index >= 15 is 0 Å². The number of nitrogens with one attached hydrogen (secondary N) is 1. The maximum Gasteiger partial charge on any atom is 0.164 e. The molecule has 94 valence electrons. The van der Waals surface area contributed by atoms with Crippen molar-refractivity contribution in [1.82, 2.24) is 20.1 Å². The quantitative estimate of drug-likeness (QED) is 0.834. The SMILES string of the molecule is Cc1ccc(-c2nnc3n2CCNC3C)cc1C. The summed E-state index contributed by atoms with van der Waals surface area (Å²) in [7, 11) is 0. The van der Waals surface area contributed by atoms with Crippen molar-refractivity contribution in [2.75, 3.05) is 6.54 Å². The van der Waals surface area contributed by atoms with Crippen molar-refractivity contribution in [2.45, 2.75) is 33.4 Å². The minimum Gasteiger partial charge on any atom is -0.308 e. The molecule has 1 N–H and O–H groups in total. The van der Waals surface area contributed by atoms with Crippen LogP contribution in [0, 0.1) is 13.8 Å². The molecule has 1 aromatic heterocycles. The topological polar surface area (TPSA) is 42.7 Å². The molecule has 0 spiro atoms. The first-order valence-electron chi connectivity index (χ1n) is 6.41. The monoisotopic (exact) mass is 242 g/mol. The van der Waals surface area contributed by atoms with Gasteiger partial charge in [0.2, 0.25) is 0 Å². The second kappa shape index (κ2) is 4.21. The zero-order valence-corrected chi connectivity index (χ0v) is 11.1. The Morgan fingerprint density at radius 1 is 1.22 bits per heavy atom. The first kappa shape index (κ1) is 11.4. The lowest BCUT2D eigenvalue weighted by Gasteiger charge is -2.22. The van der Waals surface area contributed by atoms with Gasteiger partial charge < -0.3 is 9.88 Å². The molecule has 0 saturated carbocycles. The van der Waals surface area contributed by atoms with Gasteiger partial charge in [0.25, 0.3) is 0 Å². The number of nitrogens with zero attached hydrogens (tertiary/aromatic N) is 3. The lowest BCUT2D eigenvalue weighted by Crippen LogP contribution is -2.32. The van der Waals surface area contributed by atoms with Crippen LogP contribution in [0.5, 0.6) is 0 Å². The minimum atomic E-state index is 0.284. The Labute approximate surface area is 107 Å². The van der Waals surface area contributed by atoms with Crippen molar-refractivity contribution in [1.29, 1.82) is 0 Å². The van der Waals surface area contributed by atoms with Crippen molar-refractivity contribution < 1.29 is 0 Å². The minimum absolute atomic E-state index is 0.284. The van der Waals surface area contributed by atoms with Crippen LogP contribution < -0.4 is 5.32 Å². The first-order chi connectivity index (χ1) is 8.66. The van der Waals surface area contributed by atoms with E-state index in [0.29, 0.717) is 0 Å². The molecule has 1 aliphatic rings. The number of rotatable bonds is 1. The predicted octanol–water partition coefficient (Wildman–Crippen LogP) is 2.23. The Kier molecular flexibility index (Phi) is 2.67. The zero-order chi connectivity index (χ0) is 12.7. The van der Waals surface area contributed by atoms with Crippen LogP contribution >= 0.6 is 0 Å². The Balaban J connectivity index is 2.09. The molecule has 2 aromatic rings. The normalized spacial score (nSPS) is 18.7. The third-order valence-corrected chi connectivity index (χ3v) is 3.72. The summed E-state index contributed by atoms with van der Waals surface area (Å²) >= 11 is 0. The molecule has 4 nitrogen and oxygen atoms in total. The summed E-state index contributed by atoms with van der Waals surface area (Å²) in [5.74, 6) is 2.02. The molecule has 4 heteroatoms. The van der Waals surface area contributed by atoms with Crippen LogP contribution in [-0.2, 0) is 6.54 Å². The fourth-order valence-electron chi connectivity index (χ4n) is 2.43. The third-order valence-electron chi connectivity index (χ3n) is 3.72. The summed E-state index contributed by atoms with van der Waals surface area (Å²) in [6.07, 6.45) is 0. The first-order valence-corrected chi connectivity index (χ1v) is 6.41. The van der Waals surface area contributed by atoms with Gasteiger partial charge in [0.05, 0.1) is 6.04 Å². The fraction of sp³-hybridized carbons (Fsp3) is 0.429. The van der Waals surface area contributed by atoms with E-state index in [1.54, 1.807) is 0 Å². The van der Waals surface area contributed by atoms with Crippen molar-refractivity contribution in [3.63, 3.8) is 0 Å². The summed E-state index contributed by atoms with van der Waals surface area (Å²) in [5, 5.41) is 12.1. The fourth-order valence-corrected chi connectivity index (χ4v) is 2.43. The molecule has 2 heterocycles. The Morgan fingerprint density at radius 3 is 2.83 bits per heavy atom. The summed E-state index contributed by atoms with van der Waals surface area (Å²) in [5.41, 5.74) is 3.77. The molecule has 0 amide bonds. The molecular formula is C14H18N4. The van der Waals surface area contributed by atoms with Crippen molar-refractivity contribution in [2.24, 2.45) is 0 Å². The van der Waals surface area contributed by atoms with Crippen LogP contribution in [0.3, 0.4) is 0 Å². The molecule has 0 radical (unpaired) electrons. The Morgan fingerprint density at radius 2 is 2.06 bits per heavy atom.